The Balaban J connectivity index is 1.57. The first-order valence-corrected chi connectivity index (χ1v) is 9.50. The molecule has 2 heterocycles. The summed E-state index contributed by atoms with van der Waals surface area (Å²) in [6, 6.07) is 6.37. The predicted octanol–water partition coefficient (Wildman–Crippen LogP) is 2.51. The molecule has 0 bridgehead atoms. The van der Waals surface area contributed by atoms with Crippen molar-refractivity contribution < 1.29 is 17.5 Å². The summed E-state index contributed by atoms with van der Waals surface area (Å²) < 4.78 is 44.9. The van der Waals surface area contributed by atoms with Gasteiger partial charge in [-0.15, -0.1) is 0 Å². The Kier molecular flexibility index (Phi) is 4.80. The number of hydrogen-bond donors (Lipinski definition) is 0. The summed E-state index contributed by atoms with van der Waals surface area (Å²) >= 11 is 0. The van der Waals surface area contributed by atoms with E-state index in [1.165, 1.54) is 12.1 Å². The van der Waals surface area contributed by atoms with Gasteiger partial charge in [0.1, 0.15) is 5.82 Å². The highest BCUT2D eigenvalue weighted by Crippen LogP contribution is 2.29. The van der Waals surface area contributed by atoms with Crippen LogP contribution in [0.1, 0.15) is 37.2 Å². The van der Waals surface area contributed by atoms with Gasteiger partial charge in [0.05, 0.1) is 11.9 Å². The number of benzene rings is 1. The van der Waals surface area contributed by atoms with Crippen LogP contribution in [0.2, 0.25) is 0 Å². The SMILES string of the molecule is O=S(=O)(CC[C@H]1CCCO1)N1CC[C@@H](c2ccc(F)cc2)C1. The van der Waals surface area contributed by atoms with Gasteiger partial charge in [-0.3, -0.25) is 0 Å². The lowest BCUT2D eigenvalue weighted by Crippen LogP contribution is -2.32. The largest absolute Gasteiger partial charge is 0.378 e. The van der Waals surface area contributed by atoms with Crippen molar-refractivity contribution in [3.05, 3.63) is 35.6 Å². The minimum absolute atomic E-state index is 0.102. The van der Waals surface area contributed by atoms with Crippen LogP contribution in [-0.2, 0) is 14.8 Å². The third-order valence-electron chi connectivity index (χ3n) is 4.61. The van der Waals surface area contributed by atoms with Gasteiger partial charge in [-0.05, 0) is 49.3 Å². The zero-order valence-electron chi connectivity index (χ0n) is 12.6. The van der Waals surface area contributed by atoms with Gasteiger partial charge in [-0.25, -0.2) is 17.1 Å². The molecule has 0 aromatic heterocycles. The fourth-order valence-corrected chi connectivity index (χ4v) is 4.88. The van der Waals surface area contributed by atoms with Crippen molar-refractivity contribution in [1.82, 2.24) is 4.31 Å². The quantitative estimate of drug-likeness (QED) is 0.835. The Morgan fingerprint density at radius 2 is 2.00 bits per heavy atom. The molecule has 0 spiro atoms. The highest BCUT2D eigenvalue weighted by Gasteiger charge is 2.32. The van der Waals surface area contributed by atoms with Gasteiger partial charge in [0.2, 0.25) is 10.0 Å². The van der Waals surface area contributed by atoms with Crippen molar-refractivity contribution in [2.45, 2.75) is 37.7 Å². The summed E-state index contributed by atoms with van der Waals surface area (Å²) in [7, 11) is -3.22. The molecule has 22 heavy (non-hydrogen) atoms. The average molecular weight is 327 g/mol. The molecule has 0 radical (unpaired) electrons. The molecule has 0 saturated carbocycles. The van der Waals surface area contributed by atoms with Crippen LogP contribution in [-0.4, -0.2) is 44.3 Å². The van der Waals surface area contributed by atoms with Gasteiger partial charge in [0.25, 0.3) is 0 Å². The normalized spacial score (nSPS) is 26.6. The third kappa shape index (κ3) is 3.67. The topological polar surface area (TPSA) is 46.6 Å². The third-order valence-corrected chi connectivity index (χ3v) is 6.48. The molecule has 0 unspecified atom stereocenters. The second-order valence-corrected chi connectivity index (χ2v) is 8.22. The maximum absolute atomic E-state index is 13.0. The number of nitrogens with zero attached hydrogens (tertiary/aromatic N) is 1. The Bertz CT molecular complexity index is 596. The van der Waals surface area contributed by atoms with Gasteiger partial charge < -0.3 is 4.74 Å². The van der Waals surface area contributed by atoms with E-state index in [9.17, 15) is 12.8 Å². The summed E-state index contributed by atoms with van der Waals surface area (Å²) in [5.41, 5.74) is 1.01. The minimum Gasteiger partial charge on any atom is -0.378 e. The first-order chi connectivity index (χ1) is 10.5. The first-order valence-electron chi connectivity index (χ1n) is 7.89. The molecule has 4 nitrogen and oxygen atoms in total. The van der Waals surface area contributed by atoms with Crippen LogP contribution >= 0.6 is 0 Å². The molecule has 122 valence electrons. The molecule has 2 fully saturated rings. The van der Waals surface area contributed by atoms with E-state index in [0.717, 1.165) is 31.4 Å². The Hall–Kier alpha value is -0.980. The van der Waals surface area contributed by atoms with E-state index in [0.29, 0.717) is 19.5 Å². The highest BCUT2D eigenvalue weighted by molar-refractivity contribution is 7.89. The summed E-state index contributed by atoms with van der Waals surface area (Å²) in [4.78, 5) is 0. The van der Waals surface area contributed by atoms with Gasteiger partial charge in [0, 0.05) is 19.7 Å². The summed E-state index contributed by atoms with van der Waals surface area (Å²) in [6.45, 7) is 1.80. The lowest BCUT2D eigenvalue weighted by atomic mass is 9.99. The van der Waals surface area contributed by atoms with E-state index < -0.39 is 10.0 Å². The smallest absolute Gasteiger partial charge is 0.214 e. The van der Waals surface area contributed by atoms with Crippen molar-refractivity contribution in [2.24, 2.45) is 0 Å². The molecule has 0 amide bonds. The molecular formula is C16H22FNO3S. The fourth-order valence-electron chi connectivity index (χ4n) is 3.27. The van der Waals surface area contributed by atoms with Crippen LogP contribution in [0.5, 0.6) is 0 Å². The number of hydrogen-bond acceptors (Lipinski definition) is 3. The van der Waals surface area contributed by atoms with Crippen LogP contribution < -0.4 is 0 Å². The molecule has 1 aromatic carbocycles. The standard InChI is InChI=1S/C16H22FNO3S/c17-15-5-3-13(4-6-15)14-7-9-18(12-14)22(19,20)11-8-16-2-1-10-21-16/h3-6,14,16H,1-2,7-12H2/t14-,16-/m1/s1. The van der Waals surface area contributed by atoms with Crippen molar-refractivity contribution in [1.29, 1.82) is 0 Å². The predicted molar refractivity (Wildman–Crippen MR) is 82.7 cm³/mol. The number of halogens is 1. The molecule has 0 aliphatic carbocycles. The monoisotopic (exact) mass is 327 g/mol. The molecule has 1 aromatic rings. The van der Waals surface area contributed by atoms with Crippen molar-refractivity contribution in [3.8, 4) is 0 Å². The molecule has 6 heteroatoms. The van der Waals surface area contributed by atoms with Crippen LogP contribution in [0.25, 0.3) is 0 Å². The Morgan fingerprint density at radius 3 is 2.68 bits per heavy atom. The van der Waals surface area contributed by atoms with E-state index in [4.69, 9.17) is 4.74 Å². The van der Waals surface area contributed by atoms with Gasteiger partial charge in [-0.2, -0.15) is 0 Å². The summed E-state index contributed by atoms with van der Waals surface area (Å²) in [5.74, 6) is 0.0641. The van der Waals surface area contributed by atoms with Crippen molar-refractivity contribution in [2.75, 3.05) is 25.4 Å². The van der Waals surface area contributed by atoms with Gasteiger partial charge in [0.15, 0.2) is 0 Å². The summed E-state index contributed by atoms with van der Waals surface area (Å²) in [5, 5.41) is 0. The van der Waals surface area contributed by atoms with Crippen molar-refractivity contribution >= 4 is 10.0 Å². The van der Waals surface area contributed by atoms with E-state index in [1.807, 2.05) is 0 Å². The molecule has 2 saturated heterocycles. The lowest BCUT2D eigenvalue weighted by molar-refractivity contribution is 0.108. The number of rotatable bonds is 5. The molecule has 2 atom stereocenters. The highest BCUT2D eigenvalue weighted by atomic mass is 32.2. The fraction of sp³-hybridized carbons (Fsp3) is 0.625. The Morgan fingerprint density at radius 1 is 1.23 bits per heavy atom. The van der Waals surface area contributed by atoms with Crippen molar-refractivity contribution in [3.63, 3.8) is 0 Å². The maximum atomic E-state index is 13.0. The minimum atomic E-state index is -3.22. The van der Waals surface area contributed by atoms with Crippen LogP contribution in [0, 0.1) is 5.82 Å². The van der Waals surface area contributed by atoms with E-state index in [2.05, 4.69) is 0 Å². The molecule has 0 N–H and O–H groups in total. The van der Waals surface area contributed by atoms with E-state index in [1.54, 1.807) is 16.4 Å². The zero-order valence-corrected chi connectivity index (χ0v) is 13.4. The zero-order chi connectivity index (χ0) is 15.6. The Labute approximate surface area is 131 Å². The second kappa shape index (κ2) is 6.64. The second-order valence-electron chi connectivity index (χ2n) is 6.13. The maximum Gasteiger partial charge on any atom is 0.214 e. The van der Waals surface area contributed by atoms with Crippen LogP contribution in [0.3, 0.4) is 0 Å². The average Bonchev–Trinajstić information content (AvgIpc) is 3.18. The van der Waals surface area contributed by atoms with Gasteiger partial charge >= 0.3 is 0 Å². The van der Waals surface area contributed by atoms with Crippen LogP contribution in [0.15, 0.2) is 24.3 Å². The summed E-state index contributed by atoms with van der Waals surface area (Å²) in [6.07, 6.45) is 3.48. The first kappa shape index (κ1) is 15.9. The molecule has 2 aliphatic rings. The molecule has 2 aliphatic heterocycles. The number of sulfonamides is 1. The molecular weight excluding hydrogens is 305 g/mol. The van der Waals surface area contributed by atoms with Crippen LogP contribution in [0.4, 0.5) is 4.39 Å². The molecule has 3 rings (SSSR count). The lowest BCUT2D eigenvalue weighted by Gasteiger charge is -2.18. The number of ether oxygens (including phenoxy) is 1. The van der Waals surface area contributed by atoms with E-state index >= 15 is 0 Å². The van der Waals surface area contributed by atoms with Gasteiger partial charge in [-0.1, -0.05) is 12.1 Å². The van der Waals surface area contributed by atoms with E-state index in [-0.39, 0.29) is 23.6 Å².